The third-order valence-electron chi connectivity index (χ3n) is 6.66. The van der Waals surface area contributed by atoms with Gasteiger partial charge in [0.1, 0.15) is 18.1 Å². The van der Waals surface area contributed by atoms with Gasteiger partial charge in [-0.3, -0.25) is 5.10 Å². The molecule has 3 aromatic carbocycles. The molecule has 5 aromatic rings. The van der Waals surface area contributed by atoms with Crippen LogP contribution in [0.2, 0.25) is 0 Å². The first kappa shape index (κ1) is 20.7. The maximum absolute atomic E-state index is 6.04. The number of H-pyrrole nitrogens is 2. The van der Waals surface area contributed by atoms with Gasteiger partial charge in [-0.15, -0.1) is 0 Å². The van der Waals surface area contributed by atoms with Crippen LogP contribution in [0.5, 0.6) is 5.75 Å². The molecule has 34 heavy (non-hydrogen) atoms. The Balaban J connectivity index is 1.26. The van der Waals surface area contributed by atoms with Crippen LogP contribution in [0.15, 0.2) is 66.7 Å². The largest absolute Gasteiger partial charge is 0.489 e. The number of nitrogens with zero attached hydrogens (tertiary/aromatic N) is 4. The standard InChI is InChI=1S/C27H28N6O/c1-2-32-12-14-33(15-13-32)20-8-10-24-25(16-20)29-27(28-24)26-22-17-21(9-11-23(22)30-31-26)34-18-19-6-4-3-5-7-19/h3-11,16-17H,2,12-15,18H2,1H3,(H,28,29)(H,30,31). The number of aromatic amines is 2. The summed E-state index contributed by atoms with van der Waals surface area (Å²) in [5.41, 5.74) is 6.10. The van der Waals surface area contributed by atoms with E-state index in [0.29, 0.717) is 6.61 Å². The number of piperazine rings is 1. The summed E-state index contributed by atoms with van der Waals surface area (Å²) < 4.78 is 6.04. The van der Waals surface area contributed by atoms with Crippen LogP contribution in [-0.2, 0) is 6.61 Å². The first-order valence-electron chi connectivity index (χ1n) is 11.9. The van der Waals surface area contributed by atoms with Crippen LogP contribution in [0, 0.1) is 0 Å². The van der Waals surface area contributed by atoms with Crippen LogP contribution in [0.25, 0.3) is 33.5 Å². The molecule has 1 aliphatic rings. The Morgan fingerprint density at radius 1 is 0.912 bits per heavy atom. The zero-order valence-electron chi connectivity index (χ0n) is 19.3. The molecule has 0 bridgehead atoms. The van der Waals surface area contributed by atoms with Crippen molar-refractivity contribution in [2.75, 3.05) is 37.6 Å². The van der Waals surface area contributed by atoms with Gasteiger partial charge in [-0.25, -0.2) is 4.98 Å². The minimum Gasteiger partial charge on any atom is -0.489 e. The fourth-order valence-corrected chi connectivity index (χ4v) is 4.63. The van der Waals surface area contributed by atoms with Crippen molar-refractivity contribution in [1.82, 2.24) is 25.1 Å². The van der Waals surface area contributed by atoms with E-state index >= 15 is 0 Å². The van der Waals surface area contributed by atoms with Crippen molar-refractivity contribution in [3.8, 4) is 17.3 Å². The third kappa shape index (κ3) is 3.99. The summed E-state index contributed by atoms with van der Waals surface area (Å²) >= 11 is 0. The van der Waals surface area contributed by atoms with Crippen molar-refractivity contribution in [1.29, 1.82) is 0 Å². The van der Waals surface area contributed by atoms with Crippen LogP contribution in [-0.4, -0.2) is 57.8 Å². The molecule has 2 aromatic heterocycles. The molecule has 0 atom stereocenters. The van der Waals surface area contributed by atoms with Crippen molar-refractivity contribution in [2.45, 2.75) is 13.5 Å². The summed E-state index contributed by atoms with van der Waals surface area (Å²) in [4.78, 5) is 13.3. The van der Waals surface area contributed by atoms with Crippen molar-refractivity contribution in [3.63, 3.8) is 0 Å². The number of anilines is 1. The number of hydrogen-bond acceptors (Lipinski definition) is 5. The molecule has 0 saturated carbocycles. The second-order valence-corrected chi connectivity index (χ2v) is 8.76. The van der Waals surface area contributed by atoms with Gasteiger partial charge in [-0.05, 0) is 48.5 Å². The van der Waals surface area contributed by atoms with Gasteiger partial charge in [0.05, 0.1) is 16.6 Å². The predicted molar refractivity (Wildman–Crippen MR) is 136 cm³/mol. The molecule has 0 aliphatic carbocycles. The highest BCUT2D eigenvalue weighted by atomic mass is 16.5. The minimum absolute atomic E-state index is 0.527. The minimum atomic E-state index is 0.527. The predicted octanol–water partition coefficient (Wildman–Crippen LogP) is 4.83. The van der Waals surface area contributed by atoms with Gasteiger partial charge in [0.25, 0.3) is 0 Å². The van der Waals surface area contributed by atoms with E-state index in [9.17, 15) is 0 Å². The number of ether oxygens (including phenoxy) is 1. The molecule has 0 radical (unpaired) electrons. The van der Waals surface area contributed by atoms with E-state index in [0.717, 1.165) is 77.5 Å². The van der Waals surface area contributed by atoms with Gasteiger partial charge in [0.15, 0.2) is 5.82 Å². The van der Waals surface area contributed by atoms with Crippen molar-refractivity contribution in [2.24, 2.45) is 0 Å². The van der Waals surface area contributed by atoms with E-state index < -0.39 is 0 Å². The van der Waals surface area contributed by atoms with E-state index in [4.69, 9.17) is 9.72 Å². The topological polar surface area (TPSA) is 73.1 Å². The Kier molecular flexibility index (Phi) is 5.39. The Morgan fingerprint density at radius 3 is 2.59 bits per heavy atom. The highest BCUT2D eigenvalue weighted by molar-refractivity contribution is 5.94. The van der Waals surface area contributed by atoms with Crippen LogP contribution in [0.3, 0.4) is 0 Å². The van der Waals surface area contributed by atoms with E-state index in [1.54, 1.807) is 0 Å². The van der Waals surface area contributed by atoms with Gasteiger partial charge in [-0.1, -0.05) is 37.3 Å². The summed E-state index contributed by atoms with van der Waals surface area (Å²) in [7, 11) is 0. The maximum atomic E-state index is 6.04. The number of imidazole rings is 1. The fourth-order valence-electron chi connectivity index (χ4n) is 4.63. The molecule has 0 amide bonds. The molecule has 1 aliphatic heterocycles. The molecular weight excluding hydrogens is 424 g/mol. The Bertz CT molecular complexity index is 1420. The monoisotopic (exact) mass is 452 g/mol. The lowest BCUT2D eigenvalue weighted by molar-refractivity contribution is 0.271. The average Bonchev–Trinajstić information content (AvgIpc) is 3.51. The molecule has 172 valence electrons. The van der Waals surface area contributed by atoms with E-state index in [1.165, 1.54) is 5.69 Å². The van der Waals surface area contributed by atoms with Gasteiger partial charge in [-0.2, -0.15) is 5.10 Å². The number of hydrogen-bond donors (Lipinski definition) is 2. The molecule has 0 unspecified atom stereocenters. The first-order valence-corrected chi connectivity index (χ1v) is 11.9. The molecule has 3 heterocycles. The lowest BCUT2D eigenvalue weighted by atomic mass is 10.2. The number of benzene rings is 3. The highest BCUT2D eigenvalue weighted by Gasteiger charge is 2.18. The van der Waals surface area contributed by atoms with Gasteiger partial charge >= 0.3 is 0 Å². The average molecular weight is 453 g/mol. The summed E-state index contributed by atoms with van der Waals surface area (Å²) in [5.74, 6) is 1.57. The molecule has 1 saturated heterocycles. The summed E-state index contributed by atoms with van der Waals surface area (Å²) in [6.07, 6.45) is 0. The van der Waals surface area contributed by atoms with Crippen LogP contribution >= 0.6 is 0 Å². The molecule has 6 rings (SSSR count). The second-order valence-electron chi connectivity index (χ2n) is 8.76. The van der Waals surface area contributed by atoms with Gasteiger partial charge in [0.2, 0.25) is 0 Å². The van der Waals surface area contributed by atoms with Crippen molar-refractivity contribution in [3.05, 3.63) is 72.3 Å². The number of likely N-dealkylation sites (N-methyl/N-ethyl adjacent to an activating group) is 1. The molecule has 1 fully saturated rings. The summed E-state index contributed by atoms with van der Waals surface area (Å²) in [6, 6.07) is 22.7. The first-order chi connectivity index (χ1) is 16.8. The Morgan fingerprint density at radius 2 is 1.76 bits per heavy atom. The summed E-state index contributed by atoms with van der Waals surface area (Å²) in [5, 5.41) is 8.67. The quantitative estimate of drug-likeness (QED) is 0.386. The smallest absolute Gasteiger partial charge is 0.159 e. The van der Waals surface area contributed by atoms with E-state index in [-0.39, 0.29) is 0 Å². The lowest BCUT2D eigenvalue weighted by Crippen LogP contribution is -2.46. The van der Waals surface area contributed by atoms with E-state index in [1.807, 2.05) is 36.4 Å². The normalized spacial score (nSPS) is 14.8. The van der Waals surface area contributed by atoms with Crippen LogP contribution in [0.1, 0.15) is 12.5 Å². The zero-order chi connectivity index (χ0) is 22.9. The SMILES string of the molecule is CCN1CCN(c2ccc3nc(-c4n[nH]c5ccc(OCc6ccccc6)cc45)[nH]c3c2)CC1. The van der Waals surface area contributed by atoms with Gasteiger partial charge < -0.3 is 19.5 Å². The number of nitrogens with one attached hydrogen (secondary N) is 2. The Labute approximate surface area is 198 Å². The molecule has 0 spiro atoms. The molecular formula is C27H28N6O. The molecule has 7 nitrogen and oxygen atoms in total. The van der Waals surface area contributed by atoms with Crippen LogP contribution < -0.4 is 9.64 Å². The van der Waals surface area contributed by atoms with Crippen LogP contribution in [0.4, 0.5) is 5.69 Å². The van der Waals surface area contributed by atoms with Crippen molar-refractivity contribution < 1.29 is 4.74 Å². The fraction of sp³-hybridized carbons (Fsp3) is 0.259. The Hall–Kier alpha value is -3.84. The second kappa shape index (κ2) is 8.83. The number of rotatable bonds is 6. The van der Waals surface area contributed by atoms with E-state index in [2.05, 4.69) is 62.2 Å². The lowest BCUT2D eigenvalue weighted by Gasteiger charge is -2.35. The molecule has 7 heteroatoms. The third-order valence-corrected chi connectivity index (χ3v) is 6.66. The van der Waals surface area contributed by atoms with Gasteiger partial charge in [0, 0.05) is 37.3 Å². The zero-order valence-corrected chi connectivity index (χ0v) is 19.3. The number of aromatic nitrogens is 4. The molecule has 2 N–H and O–H groups in total. The number of fused-ring (bicyclic) bond motifs is 2. The maximum Gasteiger partial charge on any atom is 0.159 e. The summed E-state index contributed by atoms with van der Waals surface area (Å²) in [6.45, 7) is 8.19. The highest BCUT2D eigenvalue weighted by Crippen LogP contribution is 2.30. The van der Waals surface area contributed by atoms with Crippen molar-refractivity contribution >= 4 is 27.6 Å².